The van der Waals surface area contributed by atoms with Crippen molar-refractivity contribution in [2.45, 2.75) is 38.5 Å². The lowest BCUT2D eigenvalue weighted by Crippen LogP contribution is -2.24. The number of aliphatic hydroxyl groups is 1. The Hall–Kier alpha value is -2.84. The van der Waals surface area contributed by atoms with E-state index in [-0.39, 0.29) is 40.7 Å². The summed E-state index contributed by atoms with van der Waals surface area (Å²) in [7, 11) is -4.10. The van der Waals surface area contributed by atoms with Crippen molar-refractivity contribution in [2.75, 3.05) is 11.9 Å². The van der Waals surface area contributed by atoms with Gasteiger partial charge in [-0.05, 0) is 49.6 Å². The summed E-state index contributed by atoms with van der Waals surface area (Å²) < 4.78 is 33.7. The Morgan fingerprint density at radius 1 is 1.41 bits per heavy atom. The number of carbonyl (C=O) groups excluding carboxylic acids is 1. The Balaban J connectivity index is 1.47. The number of aliphatic hydroxyl groups excluding tert-OH is 1. The standard InChI is InChI=1S/C20H23ClN6O6S/c1-11-4-16(26-27(11)8-14-2-3-18(21)33-14)19(29)15-7-23-10-24-20(15)25-13-5-12(17(28)6-13)9-32-34(22,30)31/h2-4,7,10,12-13,17,28H,5-6,8-9H2,1H3,(H2,22,30,31)(H,23,24,25). The van der Waals surface area contributed by atoms with E-state index in [1.54, 1.807) is 22.9 Å². The number of anilines is 1. The van der Waals surface area contributed by atoms with Gasteiger partial charge in [0.05, 0.1) is 24.8 Å². The van der Waals surface area contributed by atoms with E-state index in [4.69, 9.17) is 21.2 Å². The molecule has 3 aromatic heterocycles. The van der Waals surface area contributed by atoms with Crippen LogP contribution in [0.3, 0.4) is 0 Å². The van der Waals surface area contributed by atoms with Crippen molar-refractivity contribution in [2.24, 2.45) is 11.1 Å². The number of rotatable bonds is 9. The van der Waals surface area contributed by atoms with Crippen molar-refractivity contribution in [3.8, 4) is 0 Å². The zero-order valence-corrected chi connectivity index (χ0v) is 19.7. The molecule has 4 N–H and O–H groups in total. The van der Waals surface area contributed by atoms with Crippen molar-refractivity contribution in [1.29, 1.82) is 0 Å². The second-order valence-corrected chi connectivity index (χ2v) is 9.66. The van der Waals surface area contributed by atoms with Gasteiger partial charge in [0.25, 0.3) is 0 Å². The van der Waals surface area contributed by atoms with Gasteiger partial charge in [-0.3, -0.25) is 13.7 Å². The van der Waals surface area contributed by atoms with Gasteiger partial charge < -0.3 is 14.8 Å². The molecule has 0 amide bonds. The van der Waals surface area contributed by atoms with E-state index in [0.717, 1.165) is 5.69 Å². The molecule has 4 rings (SSSR count). The highest BCUT2D eigenvalue weighted by molar-refractivity contribution is 7.84. The minimum atomic E-state index is -4.10. The Kier molecular flexibility index (Phi) is 7.00. The number of halogens is 1. The van der Waals surface area contributed by atoms with Gasteiger partial charge in [0.1, 0.15) is 23.6 Å². The summed E-state index contributed by atoms with van der Waals surface area (Å²) in [5, 5.41) is 22.9. The summed E-state index contributed by atoms with van der Waals surface area (Å²) in [6, 6.07) is 4.75. The molecule has 0 radical (unpaired) electrons. The van der Waals surface area contributed by atoms with Crippen molar-refractivity contribution < 1.29 is 26.9 Å². The van der Waals surface area contributed by atoms with Crippen LogP contribution in [-0.4, -0.2) is 57.8 Å². The van der Waals surface area contributed by atoms with Gasteiger partial charge in [-0.25, -0.2) is 15.1 Å². The van der Waals surface area contributed by atoms with Crippen LogP contribution in [0.4, 0.5) is 5.82 Å². The van der Waals surface area contributed by atoms with Gasteiger partial charge in [0.2, 0.25) is 5.78 Å². The summed E-state index contributed by atoms with van der Waals surface area (Å²) in [4.78, 5) is 21.4. The molecule has 1 aliphatic carbocycles. The molecule has 12 nitrogen and oxygen atoms in total. The monoisotopic (exact) mass is 510 g/mol. The van der Waals surface area contributed by atoms with Crippen LogP contribution in [0.25, 0.3) is 0 Å². The smallest absolute Gasteiger partial charge is 0.333 e. The second-order valence-electron chi connectivity index (χ2n) is 8.07. The average Bonchev–Trinajstić information content (AvgIpc) is 3.45. The Labute approximate surface area is 200 Å². The third-order valence-corrected chi connectivity index (χ3v) is 6.22. The van der Waals surface area contributed by atoms with Gasteiger partial charge in [-0.1, -0.05) is 0 Å². The topological polar surface area (TPSA) is 175 Å². The first kappa shape index (κ1) is 24.3. The summed E-state index contributed by atoms with van der Waals surface area (Å²) in [5.41, 5.74) is 1.17. The molecule has 3 heterocycles. The molecule has 1 saturated carbocycles. The molecule has 0 bridgehead atoms. The third kappa shape index (κ3) is 5.80. The zero-order valence-electron chi connectivity index (χ0n) is 18.1. The Morgan fingerprint density at radius 3 is 2.91 bits per heavy atom. The molecular formula is C20H23ClN6O6S. The largest absolute Gasteiger partial charge is 0.448 e. The maximum absolute atomic E-state index is 13.2. The highest BCUT2D eigenvalue weighted by Gasteiger charge is 2.35. The maximum Gasteiger partial charge on any atom is 0.333 e. The number of nitrogens with two attached hydrogens (primary N) is 1. The van der Waals surface area contributed by atoms with Crippen LogP contribution < -0.4 is 10.5 Å². The average molecular weight is 511 g/mol. The molecule has 0 saturated heterocycles. The molecule has 3 aromatic rings. The predicted octanol–water partition coefficient (Wildman–Crippen LogP) is 1.28. The number of carbonyl (C=O) groups is 1. The number of hydrogen-bond acceptors (Lipinski definition) is 10. The zero-order chi connectivity index (χ0) is 24.5. The van der Waals surface area contributed by atoms with Crippen LogP contribution >= 0.6 is 11.6 Å². The van der Waals surface area contributed by atoms with Crippen LogP contribution in [0.5, 0.6) is 0 Å². The fourth-order valence-electron chi connectivity index (χ4n) is 3.89. The van der Waals surface area contributed by atoms with Crippen LogP contribution in [0.1, 0.15) is 40.3 Å². The summed E-state index contributed by atoms with van der Waals surface area (Å²) >= 11 is 5.82. The molecule has 0 aromatic carbocycles. The van der Waals surface area contributed by atoms with E-state index >= 15 is 0 Å². The van der Waals surface area contributed by atoms with Crippen molar-refractivity contribution in [3.63, 3.8) is 0 Å². The maximum atomic E-state index is 13.2. The number of ketones is 1. The summed E-state index contributed by atoms with van der Waals surface area (Å²) in [6.07, 6.45) is 2.61. The molecule has 3 atom stereocenters. The molecule has 1 fully saturated rings. The van der Waals surface area contributed by atoms with E-state index < -0.39 is 22.3 Å². The minimum absolute atomic E-state index is 0.207. The van der Waals surface area contributed by atoms with E-state index in [1.165, 1.54) is 12.5 Å². The first-order chi connectivity index (χ1) is 16.1. The number of aryl methyl sites for hydroxylation is 1. The molecule has 0 aliphatic heterocycles. The summed E-state index contributed by atoms with van der Waals surface area (Å²) in [6.45, 7) is 1.90. The van der Waals surface area contributed by atoms with Gasteiger partial charge in [0.15, 0.2) is 5.22 Å². The lowest BCUT2D eigenvalue weighted by atomic mass is 10.1. The van der Waals surface area contributed by atoms with E-state index in [2.05, 4.69) is 24.6 Å². The third-order valence-electron chi connectivity index (χ3n) is 5.55. The number of furan rings is 1. The van der Waals surface area contributed by atoms with Gasteiger partial charge in [-0.15, -0.1) is 0 Å². The number of aromatic nitrogens is 4. The molecule has 34 heavy (non-hydrogen) atoms. The molecular weight excluding hydrogens is 488 g/mol. The quantitative estimate of drug-likeness (QED) is 0.355. The molecule has 182 valence electrons. The Morgan fingerprint density at radius 2 is 2.21 bits per heavy atom. The lowest BCUT2D eigenvalue weighted by Gasteiger charge is -2.15. The van der Waals surface area contributed by atoms with Crippen molar-refractivity contribution in [1.82, 2.24) is 19.7 Å². The molecule has 1 aliphatic rings. The highest BCUT2D eigenvalue weighted by atomic mass is 35.5. The van der Waals surface area contributed by atoms with E-state index in [9.17, 15) is 18.3 Å². The Bertz CT molecular complexity index is 1290. The first-order valence-electron chi connectivity index (χ1n) is 10.3. The van der Waals surface area contributed by atoms with Crippen molar-refractivity contribution >= 4 is 33.5 Å². The van der Waals surface area contributed by atoms with Crippen LogP contribution in [0.2, 0.25) is 5.22 Å². The second kappa shape index (κ2) is 9.80. The molecule has 14 heteroatoms. The number of nitrogens with one attached hydrogen (secondary N) is 1. The number of hydrogen-bond donors (Lipinski definition) is 3. The minimum Gasteiger partial charge on any atom is -0.448 e. The molecule has 0 spiro atoms. The number of nitrogens with zero attached hydrogens (tertiary/aromatic N) is 4. The van der Waals surface area contributed by atoms with E-state index in [1.807, 2.05) is 6.92 Å². The first-order valence-corrected chi connectivity index (χ1v) is 12.2. The van der Waals surface area contributed by atoms with Gasteiger partial charge in [0, 0.05) is 23.9 Å². The summed E-state index contributed by atoms with van der Waals surface area (Å²) in [5.74, 6) is 0.0666. The fraction of sp³-hybridized carbons (Fsp3) is 0.400. The normalized spacial score (nSPS) is 20.5. The van der Waals surface area contributed by atoms with E-state index in [0.29, 0.717) is 25.1 Å². The SMILES string of the molecule is Cc1cc(C(=O)c2cncnc2NC2CC(O)C(COS(N)(=O)=O)C2)nn1Cc1ccc(Cl)o1. The van der Waals surface area contributed by atoms with Gasteiger partial charge >= 0.3 is 10.3 Å². The molecule has 3 unspecified atom stereocenters. The van der Waals surface area contributed by atoms with Crippen LogP contribution in [0, 0.1) is 12.8 Å². The lowest BCUT2D eigenvalue weighted by molar-refractivity contribution is 0.101. The fourth-order valence-corrected chi connectivity index (χ4v) is 4.42. The van der Waals surface area contributed by atoms with Crippen LogP contribution in [-0.2, 0) is 21.0 Å². The highest BCUT2D eigenvalue weighted by Crippen LogP contribution is 2.30. The predicted molar refractivity (Wildman–Crippen MR) is 120 cm³/mol. The van der Waals surface area contributed by atoms with Crippen molar-refractivity contribution in [3.05, 3.63) is 58.7 Å². The van der Waals surface area contributed by atoms with Crippen LogP contribution in [0.15, 0.2) is 35.1 Å². The van der Waals surface area contributed by atoms with Gasteiger partial charge in [-0.2, -0.15) is 13.5 Å².